The Morgan fingerprint density at radius 2 is 1.81 bits per heavy atom. The molecule has 0 spiro atoms. The Hall–Kier alpha value is -2.82. The molecule has 31 heavy (non-hydrogen) atoms. The van der Waals surface area contributed by atoms with Crippen LogP contribution in [0.25, 0.3) is 0 Å². The van der Waals surface area contributed by atoms with Crippen molar-refractivity contribution < 1.29 is 14.3 Å². The number of carbonyl (C=O) groups is 2. The zero-order valence-corrected chi connectivity index (χ0v) is 19.3. The highest BCUT2D eigenvalue weighted by atomic mass is 16.5. The zero-order valence-electron chi connectivity index (χ0n) is 19.3. The van der Waals surface area contributed by atoms with Crippen molar-refractivity contribution in [1.82, 2.24) is 10.2 Å². The van der Waals surface area contributed by atoms with Gasteiger partial charge in [0.05, 0.1) is 0 Å². The molecule has 0 saturated carbocycles. The Morgan fingerprint density at radius 3 is 2.48 bits per heavy atom. The second kappa shape index (κ2) is 12.8. The van der Waals surface area contributed by atoms with Crippen molar-refractivity contribution in [2.45, 2.75) is 59.4 Å². The van der Waals surface area contributed by atoms with E-state index in [4.69, 9.17) is 4.74 Å². The summed E-state index contributed by atoms with van der Waals surface area (Å²) in [6.07, 6.45) is 3.18. The molecule has 0 radical (unpaired) electrons. The lowest BCUT2D eigenvalue weighted by Crippen LogP contribution is -2.51. The number of amides is 2. The number of ether oxygens (including phenoxy) is 1. The lowest BCUT2D eigenvalue weighted by Gasteiger charge is -2.30. The predicted molar refractivity (Wildman–Crippen MR) is 125 cm³/mol. The number of hydrogen-bond donors (Lipinski definition) is 1. The maximum Gasteiger partial charge on any atom is 0.261 e. The summed E-state index contributed by atoms with van der Waals surface area (Å²) < 4.78 is 5.86. The van der Waals surface area contributed by atoms with E-state index in [0.29, 0.717) is 31.7 Å². The number of aryl methyl sites for hydroxylation is 2. The van der Waals surface area contributed by atoms with Crippen molar-refractivity contribution in [3.8, 4) is 5.75 Å². The number of unbranched alkanes of at least 4 members (excludes halogenated alkanes) is 1. The predicted octanol–water partition coefficient (Wildman–Crippen LogP) is 4.45. The van der Waals surface area contributed by atoms with Crippen molar-refractivity contribution in [2.24, 2.45) is 0 Å². The SMILES string of the molecule is CCCCNC(=O)[C@H](CC)N(CCc1ccccc1)C(=O)COc1cc(C)ccc1C. The quantitative estimate of drug-likeness (QED) is 0.512. The Bertz CT molecular complexity index is 836. The largest absolute Gasteiger partial charge is 0.483 e. The molecule has 168 valence electrons. The second-order valence-corrected chi connectivity index (χ2v) is 7.95. The Balaban J connectivity index is 2.12. The summed E-state index contributed by atoms with van der Waals surface area (Å²) in [6, 6.07) is 15.5. The van der Waals surface area contributed by atoms with Crippen molar-refractivity contribution in [2.75, 3.05) is 19.7 Å². The van der Waals surface area contributed by atoms with Gasteiger partial charge in [0.1, 0.15) is 11.8 Å². The smallest absolute Gasteiger partial charge is 0.261 e. The van der Waals surface area contributed by atoms with Crippen LogP contribution < -0.4 is 10.1 Å². The minimum atomic E-state index is -0.504. The van der Waals surface area contributed by atoms with Gasteiger partial charge in [-0.3, -0.25) is 9.59 Å². The van der Waals surface area contributed by atoms with Crippen molar-refractivity contribution in [3.63, 3.8) is 0 Å². The number of nitrogens with one attached hydrogen (secondary N) is 1. The standard InChI is InChI=1S/C26H36N2O3/c1-5-7-16-27-26(30)23(6-2)28(17-15-22-11-9-8-10-12-22)25(29)19-31-24-18-20(3)13-14-21(24)4/h8-14,18,23H,5-7,15-17,19H2,1-4H3,(H,27,30)/t23-/m0/s1. The minimum absolute atomic E-state index is 0.0855. The van der Waals surface area contributed by atoms with E-state index < -0.39 is 6.04 Å². The van der Waals surface area contributed by atoms with Crippen molar-refractivity contribution in [1.29, 1.82) is 0 Å². The van der Waals surface area contributed by atoms with Gasteiger partial charge in [-0.25, -0.2) is 0 Å². The van der Waals surface area contributed by atoms with Crippen LogP contribution in [0.4, 0.5) is 0 Å². The van der Waals surface area contributed by atoms with Gasteiger partial charge in [-0.1, -0.05) is 62.7 Å². The van der Waals surface area contributed by atoms with E-state index in [9.17, 15) is 9.59 Å². The summed E-state index contributed by atoms with van der Waals surface area (Å²) in [5.41, 5.74) is 3.20. The number of hydrogen-bond acceptors (Lipinski definition) is 3. The molecular formula is C26H36N2O3. The van der Waals surface area contributed by atoms with Crippen molar-refractivity contribution in [3.05, 3.63) is 65.2 Å². The third-order valence-corrected chi connectivity index (χ3v) is 5.39. The fourth-order valence-corrected chi connectivity index (χ4v) is 3.49. The summed E-state index contributed by atoms with van der Waals surface area (Å²) in [7, 11) is 0. The van der Waals surface area contributed by atoms with Crippen LogP contribution in [0.1, 0.15) is 49.8 Å². The van der Waals surface area contributed by atoms with Gasteiger partial charge in [-0.15, -0.1) is 0 Å². The average molecular weight is 425 g/mol. The first-order valence-electron chi connectivity index (χ1n) is 11.3. The molecule has 5 nitrogen and oxygen atoms in total. The summed E-state index contributed by atoms with van der Waals surface area (Å²) in [4.78, 5) is 27.7. The lowest BCUT2D eigenvalue weighted by atomic mass is 10.1. The van der Waals surface area contributed by atoms with Gasteiger partial charge < -0.3 is 15.0 Å². The first-order valence-corrected chi connectivity index (χ1v) is 11.3. The number of nitrogens with zero attached hydrogens (tertiary/aromatic N) is 1. The third-order valence-electron chi connectivity index (χ3n) is 5.39. The monoisotopic (exact) mass is 424 g/mol. The molecule has 2 aromatic carbocycles. The van der Waals surface area contributed by atoms with Crippen LogP contribution in [0, 0.1) is 13.8 Å². The maximum absolute atomic E-state index is 13.2. The first kappa shape index (κ1) is 24.4. The Kier molecular flexibility index (Phi) is 10.1. The maximum atomic E-state index is 13.2. The highest BCUT2D eigenvalue weighted by molar-refractivity contribution is 5.88. The second-order valence-electron chi connectivity index (χ2n) is 7.95. The fraction of sp³-hybridized carbons (Fsp3) is 0.462. The summed E-state index contributed by atoms with van der Waals surface area (Å²) >= 11 is 0. The molecule has 0 fully saturated rings. The molecule has 0 aliphatic rings. The number of rotatable bonds is 12. The van der Waals surface area contributed by atoms with E-state index in [1.807, 2.05) is 69.3 Å². The van der Waals surface area contributed by atoms with Crippen LogP contribution >= 0.6 is 0 Å². The molecule has 5 heteroatoms. The van der Waals surface area contributed by atoms with Gasteiger partial charge in [0.15, 0.2) is 6.61 Å². The molecule has 2 amide bonds. The Morgan fingerprint density at radius 1 is 1.06 bits per heavy atom. The number of benzene rings is 2. The van der Waals surface area contributed by atoms with E-state index in [-0.39, 0.29) is 18.4 Å². The molecule has 1 atom stereocenters. The van der Waals surface area contributed by atoms with Crippen LogP contribution in [0.5, 0.6) is 5.75 Å². The van der Waals surface area contributed by atoms with E-state index in [2.05, 4.69) is 12.2 Å². The zero-order chi connectivity index (χ0) is 22.6. The van der Waals surface area contributed by atoms with Gasteiger partial charge in [0, 0.05) is 13.1 Å². The van der Waals surface area contributed by atoms with Gasteiger partial charge in [0.25, 0.3) is 5.91 Å². The lowest BCUT2D eigenvalue weighted by molar-refractivity contribution is -0.142. The van der Waals surface area contributed by atoms with Gasteiger partial charge in [-0.05, 0) is 55.9 Å². The fourth-order valence-electron chi connectivity index (χ4n) is 3.49. The molecule has 0 heterocycles. The molecular weight excluding hydrogens is 388 g/mol. The highest BCUT2D eigenvalue weighted by Gasteiger charge is 2.28. The first-order chi connectivity index (χ1) is 15.0. The molecule has 0 bridgehead atoms. The summed E-state index contributed by atoms with van der Waals surface area (Å²) in [5, 5.41) is 2.98. The molecule has 2 aromatic rings. The Labute approximate surface area is 186 Å². The normalized spacial score (nSPS) is 11.6. The molecule has 0 saturated heterocycles. The molecule has 0 aliphatic heterocycles. The summed E-state index contributed by atoms with van der Waals surface area (Å²) in [6.45, 7) is 9.00. The van der Waals surface area contributed by atoms with Gasteiger partial charge in [-0.2, -0.15) is 0 Å². The highest BCUT2D eigenvalue weighted by Crippen LogP contribution is 2.19. The summed E-state index contributed by atoms with van der Waals surface area (Å²) in [5.74, 6) is 0.440. The molecule has 0 aliphatic carbocycles. The van der Waals surface area contributed by atoms with Crippen molar-refractivity contribution >= 4 is 11.8 Å². The molecule has 1 N–H and O–H groups in total. The topological polar surface area (TPSA) is 58.6 Å². The van der Waals surface area contributed by atoms with Crippen LogP contribution in [0.2, 0.25) is 0 Å². The van der Waals surface area contributed by atoms with E-state index in [1.165, 1.54) is 0 Å². The van der Waals surface area contributed by atoms with Crippen LogP contribution in [-0.4, -0.2) is 42.5 Å². The third kappa shape index (κ3) is 7.74. The van der Waals surface area contributed by atoms with Crippen LogP contribution in [-0.2, 0) is 16.0 Å². The van der Waals surface area contributed by atoms with E-state index in [1.54, 1.807) is 4.90 Å². The molecule has 2 rings (SSSR count). The van der Waals surface area contributed by atoms with Crippen LogP contribution in [0.3, 0.4) is 0 Å². The molecule has 0 unspecified atom stereocenters. The van der Waals surface area contributed by atoms with E-state index in [0.717, 1.165) is 29.5 Å². The van der Waals surface area contributed by atoms with Gasteiger partial charge >= 0.3 is 0 Å². The average Bonchev–Trinajstić information content (AvgIpc) is 2.77. The molecule has 0 aromatic heterocycles. The minimum Gasteiger partial charge on any atom is -0.483 e. The van der Waals surface area contributed by atoms with Crippen LogP contribution in [0.15, 0.2) is 48.5 Å². The van der Waals surface area contributed by atoms with E-state index >= 15 is 0 Å². The van der Waals surface area contributed by atoms with Gasteiger partial charge in [0.2, 0.25) is 5.91 Å². The number of carbonyl (C=O) groups excluding carboxylic acids is 2.